The van der Waals surface area contributed by atoms with Crippen molar-refractivity contribution < 1.29 is 14.1 Å². The first-order valence-electron chi connectivity index (χ1n) is 5.90. The fraction of sp³-hybridized carbons (Fsp3) is 0.0769. The van der Waals surface area contributed by atoms with E-state index in [1.54, 1.807) is 0 Å². The molecular weight excluding hydrogens is 279 g/mol. The molecule has 0 atom stereocenters. The predicted molar refractivity (Wildman–Crippen MR) is 74.8 cm³/mol. The zero-order valence-electron chi connectivity index (χ0n) is 11.0. The summed E-state index contributed by atoms with van der Waals surface area (Å²) < 4.78 is 13.5. The lowest BCUT2D eigenvalue weighted by Gasteiger charge is -2.10. The second kappa shape index (κ2) is 5.95. The monoisotopic (exact) mass is 290 g/mol. The van der Waals surface area contributed by atoms with Gasteiger partial charge in [-0.05, 0) is 12.1 Å². The van der Waals surface area contributed by atoms with Crippen LogP contribution in [-0.4, -0.2) is 22.9 Å². The first-order valence-corrected chi connectivity index (χ1v) is 5.90. The zero-order valence-corrected chi connectivity index (χ0v) is 11.0. The number of nitrogens with one attached hydrogen (secondary N) is 2. The van der Waals surface area contributed by atoms with Gasteiger partial charge in [-0.25, -0.2) is 4.39 Å². The van der Waals surface area contributed by atoms with E-state index in [-0.39, 0.29) is 22.6 Å². The van der Waals surface area contributed by atoms with Gasteiger partial charge in [0.1, 0.15) is 5.69 Å². The van der Waals surface area contributed by atoms with E-state index in [1.807, 2.05) is 0 Å². The van der Waals surface area contributed by atoms with Gasteiger partial charge in [-0.2, -0.15) is 0 Å². The number of hydrogen-bond acceptors (Lipinski definition) is 5. The lowest BCUT2D eigenvalue weighted by molar-refractivity contribution is -0.384. The third-order valence-electron chi connectivity index (χ3n) is 2.75. The van der Waals surface area contributed by atoms with Gasteiger partial charge in [-0.15, -0.1) is 0 Å². The average molecular weight is 290 g/mol. The number of halogens is 1. The first kappa shape index (κ1) is 14.4. The second-order valence-electron chi connectivity index (χ2n) is 4.02. The number of nitrogens with zero attached hydrogens (tertiary/aromatic N) is 2. The highest BCUT2D eigenvalue weighted by molar-refractivity contribution is 6.09. The summed E-state index contributed by atoms with van der Waals surface area (Å²) in [5.74, 6) is -1.35. The van der Waals surface area contributed by atoms with Gasteiger partial charge in [0.15, 0.2) is 5.82 Å². The largest absolute Gasteiger partial charge is 0.382 e. The molecule has 0 bridgehead atoms. The van der Waals surface area contributed by atoms with Crippen LogP contribution in [0.15, 0.2) is 36.7 Å². The van der Waals surface area contributed by atoms with Gasteiger partial charge < -0.3 is 10.6 Å². The Kier molecular flexibility index (Phi) is 4.07. The summed E-state index contributed by atoms with van der Waals surface area (Å²) in [6, 6.07) is 5.36. The van der Waals surface area contributed by atoms with Gasteiger partial charge in [0.25, 0.3) is 11.6 Å². The predicted octanol–water partition coefficient (Wildman–Crippen LogP) is 2.42. The Bertz CT molecular complexity index is 706. The summed E-state index contributed by atoms with van der Waals surface area (Å²) in [6.45, 7) is 0. The van der Waals surface area contributed by atoms with E-state index in [0.29, 0.717) is 0 Å². The molecule has 108 valence electrons. The van der Waals surface area contributed by atoms with Crippen molar-refractivity contribution in [3.8, 4) is 0 Å². The van der Waals surface area contributed by atoms with Crippen LogP contribution in [0.25, 0.3) is 0 Å². The highest BCUT2D eigenvalue weighted by Crippen LogP contribution is 2.28. The minimum absolute atomic E-state index is 0.0444. The number of rotatable bonds is 4. The number of para-hydroxylation sites is 1. The Morgan fingerprint density at radius 1 is 1.38 bits per heavy atom. The third-order valence-corrected chi connectivity index (χ3v) is 2.75. The van der Waals surface area contributed by atoms with Crippen molar-refractivity contribution in [3.63, 3.8) is 0 Å². The molecule has 2 aromatic rings. The van der Waals surface area contributed by atoms with Crippen LogP contribution in [0.4, 0.5) is 21.5 Å². The van der Waals surface area contributed by atoms with E-state index in [0.717, 1.165) is 6.20 Å². The number of nitro groups is 1. The number of carbonyl (C=O) groups is 1. The number of carbonyl (C=O) groups excluding carboxylic acids is 1. The molecule has 1 heterocycles. The van der Waals surface area contributed by atoms with Gasteiger partial charge in [0, 0.05) is 19.3 Å². The Morgan fingerprint density at radius 2 is 2.14 bits per heavy atom. The molecule has 0 saturated carbocycles. The molecule has 0 aliphatic carbocycles. The van der Waals surface area contributed by atoms with Crippen molar-refractivity contribution in [1.82, 2.24) is 4.98 Å². The van der Waals surface area contributed by atoms with E-state index in [2.05, 4.69) is 15.6 Å². The number of anilines is 2. The van der Waals surface area contributed by atoms with Crippen molar-refractivity contribution in [3.05, 3.63) is 58.2 Å². The number of nitro benzene ring substituents is 1. The van der Waals surface area contributed by atoms with Gasteiger partial charge in [0.2, 0.25) is 0 Å². The number of pyridine rings is 1. The van der Waals surface area contributed by atoms with E-state index in [4.69, 9.17) is 0 Å². The van der Waals surface area contributed by atoms with Crippen LogP contribution in [0.1, 0.15) is 10.4 Å². The van der Waals surface area contributed by atoms with Gasteiger partial charge in [-0.1, -0.05) is 6.07 Å². The maximum absolute atomic E-state index is 13.5. The van der Waals surface area contributed by atoms with Crippen LogP contribution >= 0.6 is 0 Å². The van der Waals surface area contributed by atoms with Crippen molar-refractivity contribution in [2.24, 2.45) is 0 Å². The van der Waals surface area contributed by atoms with E-state index in [1.165, 1.54) is 37.5 Å². The molecule has 1 aromatic heterocycles. The number of aromatic nitrogens is 1. The van der Waals surface area contributed by atoms with Gasteiger partial charge in [-0.3, -0.25) is 19.9 Å². The molecule has 21 heavy (non-hydrogen) atoms. The highest BCUT2D eigenvalue weighted by Gasteiger charge is 2.21. The number of amides is 1. The van der Waals surface area contributed by atoms with Crippen LogP contribution in [0.3, 0.4) is 0 Å². The average Bonchev–Trinajstić information content (AvgIpc) is 2.48. The molecule has 7 nitrogen and oxygen atoms in total. The minimum atomic E-state index is -0.692. The van der Waals surface area contributed by atoms with Crippen LogP contribution in [-0.2, 0) is 0 Å². The lowest BCUT2D eigenvalue weighted by atomic mass is 10.1. The molecule has 0 aliphatic heterocycles. The molecule has 2 N–H and O–H groups in total. The van der Waals surface area contributed by atoms with E-state index >= 15 is 0 Å². The first-order chi connectivity index (χ1) is 10.0. The fourth-order valence-corrected chi connectivity index (χ4v) is 1.81. The maximum Gasteiger partial charge on any atom is 0.293 e. The molecule has 1 amide bonds. The van der Waals surface area contributed by atoms with Gasteiger partial charge in [0.05, 0.1) is 22.4 Å². The van der Waals surface area contributed by atoms with Crippen LogP contribution in [0.2, 0.25) is 0 Å². The standard InChI is InChI=1S/C13H11FN4O3/c1-15-12-8(3-2-4-11(12)18(20)21)13(19)17-10-5-6-16-7-9(10)14/h2-7,15H,1H3,(H,16,17,19). The summed E-state index contributed by atoms with van der Waals surface area (Å²) in [6.07, 6.45) is 2.28. The summed E-state index contributed by atoms with van der Waals surface area (Å²) in [7, 11) is 1.46. The molecule has 0 fully saturated rings. The SMILES string of the molecule is CNc1c(C(=O)Nc2ccncc2F)cccc1[N+](=O)[O-]. The van der Waals surface area contributed by atoms with Crippen molar-refractivity contribution in [2.45, 2.75) is 0 Å². The molecule has 0 aliphatic rings. The van der Waals surface area contributed by atoms with Crippen LogP contribution in [0.5, 0.6) is 0 Å². The molecular formula is C13H11FN4O3. The summed E-state index contributed by atoms with van der Waals surface area (Å²) >= 11 is 0. The molecule has 1 aromatic carbocycles. The Balaban J connectivity index is 2.38. The van der Waals surface area contributed by atoms with Crippen LogP contribution < -0.4 is 10.6 Å². The molecule has 0 unspecified atom stereocenters. The lowest BCUT2D eigenvalue weighted by Crippen LogP contribution is -2.15. The van der Waals surface area contributed by atoms with Gasteiger partial charge >= 0.3 is 0 Å². The van der Waals surface area contributed by atoms with E-state index in [9.17, 15) is 19.3 Å². The molecule has 0 saturated heterocycles. The minimum Gasteiger partial charge on any atom is -0.382 e. The second-order valence-corrected chi connectivity index (χ2v) is 4.02. The molecule has 0 radical (unpaired) electrons. The fourth-order valence-electron chi connectivity index (χ4n) is 1.81. The van der Waals surface area contributed by atoms with Crippen molar-refractivity contribution in [1.29, 1.82) is 0 Å². The highest BCUT2D eigenvalue weighted by atomic mass is 19.1. The quantitative estimate of drug-likeness (QED) is 0.665. The Hall–Kier alpha value is -3.03. The summed E-state index contributed by atoms with van der Waals surface area (Å²) in [4.78, 5) is 26.1. The Labute approximate surface area is 119 Å². The molecule has 8 heteroatoms. The number of benzene rings is 1. The van der Waals surface area contributed by atoms with Crippen LogP contribution in [0, 0.1) is 15.9 Å². The van der Waals surface area contributed by atoms with Crippen molar-refractivity contribution in [2.75, 3.05) is 17.7 Å². The maximum atomic E-state index is 13.5. The zero-order chi connectivity index (χ0) is 15.4. The van der Waals surface area contributed by atoms with Crippen molar-refractivity contribution >= 4 is 23.0 Å². The number of hydrogen-bond donors (Lipinski definition) is 2. The smallest absolute Gasteiger partial charge is 0.293 e. The summed E-state index contributed by atoms with van der Waals surface area (Å²) in [5.41, 5.74) is -0.179. The Morgan fingerprint density at radius 3 is 2.76 bits per heavy atom. The topological polar surface area (TPSA) is 97.2 Å². The van der Waals surface area contributed by atoms with E-state index < -0.39 is 16.6 Å². The third kappa shape index (κ3) is 2.94. The summed E-state index contributed by atoms with van der Waals surface area (Å²) in [5, 5.41) is 15.9. The molecule has 2 rings (SSSR count). The molecule has 0 spiro atoms. The normalized spacial score (nSPS) is 10.0.